The van der Waals surface area contributed by atoms with Crippen molar-refractivity contribution in [2.24, 2.45) is 53.1 Å². The topological polar surface area (TPSA) is 296 Å². The van der Waals surface area contributed by atoms with Crippen LogP contribution in [0.1, 0.15) is 130 Å². The third-order valence-electron chi connectivity index (χ3n) is 10.4. The van der Waals surface area contributed by atoms with E-state index in [1.807, 2.05) is 41.5 Å². The summed E-state index contributed by atoms with van der Waals surface area (Å²) < 4.78 is 0. The van der Waals surface area contributed by atoms with Gasteiger partial charge in [-0.15, -0.1) is 0 Å². The number of carbonyl (C=O) groups is 9. The van der Waals surface area contributed by atoms with E-state index in [2.05, 4.69) is 42.5 Å². The van der Waals surface area contributed by atoms with E-state index in [0.29, 0.717) is 12.8 Å². The zero-order valence-corrected chi connectivity index (χ0v) is 41.3. The first kappa shape index (κ1) is 59.2. The van der Waals surface area contributed by atoms with E-state index in [-0.39, 0.29) is 24.2 Å². The van der Waals surface area contributed by atoms with Gasteiger partial charge in [-0.3, -0.25) is 38.4 Å². The zero-order chi connectivity index (χ0) is 49.9. The third kappa shape index (κ3) is 21.2. The summed E-state index contributed by atoms with van der Waals surface area (Å²) in [4.78, 5) is 119. The largest absolute Gasteiger partial charge is 0.480 e. The van der Waals surface area contributed by atoms with Crippen LogP contribution in [0.2, 0.25) is 0 Å². The smallest absolute Gasteiger partial charge is 0.326 e. The van der Waals surface area contributed by atoms with E-state index >= 15 is 0 Å². The second kappa shape index (κ2) is 28.2. The predicted molar refractivity (Wildman–Crippen MR) is 245 cm³/mol. The summed E-state index contributed by atoms with van der Waals surface area (Å²) in [5.74, 6) is -8.52. The summed E-state index contributed by atoms with van der Waals surface area (Å²) in [6, 6.07) is -8.58. The molecule has 0 aromatic rings. The molecule has 8 amide bonds. The minimum atomic E-state index is -1.22. The van der Waals surface area contributed by atoms with Crippen molar-refractivity contribution in [3.8, 4) is 0 Å². The van der Waals surface area contributed by atoms with Gasteiger partial charge in [0, 0.05) is 0 Å². The molecule has 64 heavy (non-hydrogen) atoms. The highest BCUT2D eigenvalue weighted by Crippen LogP contribution is 2.14. The van der Waals surface area contributed by atoms with Gasteiger partial charge in [-0.2, -0.15) is 0 Å². The van der Waals surface area contributed by atoms with Crippen LogP contribution in [0.25, 0.3) is 0 Å². The highest BCUT2D eigenvalue weighted by molar-refractivity contribution is 5.97. The molecule has 0 aromatic heterocycles. The maximum atomic E-state index is 13.9. The molecule has 0 aliphatic rings. The molecule has 0 spiro atoms. The number of hydrogen-bond acceptors (Lipinski definition) is 10. The molecule has 0 bridgehead atoms. The van der Waals surface area contributed by atoms with Crippen LogP contribution in [0.15, 0.2) is 0 Å². The van der Waals surface area contributed by atoms with Gasteiger partial charge in [0.25, 0.3) is 0 Å². The van der Waals surface area contributed by atoms with Gasteiger partial charge in [0.05, 0.1) is 12.6 Å². The van der Waals surface area contributed by atoms with Crippen LogP contribution < -0.4 is 48.3 Å². The van der Waals surface area contributed by atoms with Crippen molar-refractivity contribution in [2.75, 3.05) is 6.54 Å². The highest BCUT2D eigenvalue weighted by Gasteiger charge is 2.36. The van der Waals surface area contributed by atoms with E-state index in [1.54, 1.807) is 69.2 Å². The highest BCUT2D eigenvalue weighted by atomic mass is 16.4. The Morgan fingerprint density at radius 1 is 0.375 bits per heavy atom. The first-order chi connectivity index (χ1) is 29.4. The molecule has 0 fully saturated rings. The van der Waals surface area contributed by atoms with Gasteiger partial charge < -0.3 is 53.4 Å². The van der Waals surface area contributed by atoms with Crippen LogP contribution >= 0.6 is 0 Å². The number of carbonyl (C=O) groups excluding carboxylic acids is 8. The quantitative estimate of drug-likeness (QED) is 0.0534. The number of amides is 8. The van der Waals surface area contributed by atoms with Crippen molar-refractivity contribution in [1.29, 1.82) is 0 Å². The average Bonchev–Trinajstić information content (AvgIpc) is 3.15. The molecule has 0 radical (unpaired) electrons. The lowest BCUT2D eigenvalue weighted by Crippen LogP contribution is -2.62. The molecule has 0 rings (SSSR count). The van der Waals surface area contributed by atoms with Gasteiger partial charge in [-0.1, -0.05) is 111 Å². The van der Waals surface area contributed by atoms with Crippen molar-refractivity contribution >= 4 is 53.2 Å². The standard InChI is InChI=1S/C45H83N9O10/c1-21(2)17-29(46)38(56)48-31(19-23(5)6)40(58)51-35(26(11)12)43(61)53-36(27(13)14)44(62)52-34(25(9)10)41(59)49-30(18-22(3)4)39(57)47-20-32(55)50-33(24(7)8)42(60)54-37(28(15)16)45(63)64/h21-31,33-37H,17-20,46H2,1-16H3,(H,47,57)(H,48,56)(H,49,59)(H,50,55)(H,51,58)(H,52,62)(H,53,61)(H,54,60)(H,63,64). The molecule has 368 valence electrons. The van der Waals surface area contributed by atoms with Crippen molar-refractivity contribution in [3.05, 3.63) is 0 Å². The molecule has 0 saturated heterocycles. The minimum absolute atomic E-state index is 0.0152. The fourth-order valence-corrected chi connectivity index (χ4v) is 6.71. The summed E-state index contributed by atoms with van der Waals surface area (Å²) in [7, 11) is 0. The van der Waals surface area contributed by atoms with Gasteiger partial charge in [0.15, 0.2) is 0 Å². The van der Waals surface area contributed by atoms with E-state index < -0.39 is 138 Å². The second-order valence-electron chi connectivity index (χ2n) is 19.9. The molecule has 19 nitrogen and oxygen atoms in total. The van der Waals surface area contributed by atoms with Crippen LogP contribution in [0.4, 0.5) is 0 Å². The number of rotatable bonds is 28. The molecule has 0 aliphatic carbocycles. The van der Waals surface area contributed by atoms with Crippen LogP contribution in [-0.2, 0) is 43.2 Å². The SMILES string of the molecule is CC(C)CC(N)C(=O)NC(CC(C)C)C(=O)NC(C(=O)NC(C(=O)NC(C(=O)NC(CC(C)C)C(=O)NCC(=O)NC(C(=O)NC(C(=O)O)C(C)C)C(C)C)C(C)C)C(C)C)C(C)C. The number of nitrogens with two attached hydrogens (primary N) is 1. The average molecular weight is 910 g/mol. The van der Waals surface area contributed by atoms with Crippen molar-refractivity contribution < 1.29 is 48.3 Å². The lowest BCUT2D eigenvalue weighted by molar-refractivity contribution is -0.143. The Bertz CT molecular complexity index is 1580. The summed E-state index contributed by atoms with van der Waals surface area (Å²) in [6.07, 6.45) is 0.881. The summed E-state index contributed by atoms with van der Waals surface area (Å²) in [5, 5.41) is 30.7. The number of hydrogen-bond donors (Lipinski definition) is 10. The molecule has 0 saturated carbocycles. The van der Waals surface area contributed by atoms with E-state index in [0.717, 1.165) is 0 Å². The minimum Gasteiger partial charge on any atom is -0.480 e. The molecule has 8 unspecified atom stereocenters. The Labute approximate surface area is 381 Å². The Morgan fingerprint density at radius 3 is 1.02 bits per heavy atom. The van der Waals surface area contributed by atoms with Crippen molar-refractivity contribution in [1.82, 2.24) is 42.5 Å². The van der Waals surface area contributed by atoms with Gasteiger partial charge in [0.2, 0.25) is 47.3 Å². The van der Waals surface area contributed by atoms with Crippen LogP contribution in [0.5, 0.6) is 0 Å². The lowest BCUT2D eigenvalue weighted by Gasteiger charge is -2.31. The van der Waals surface area contributed by atoms with E-state index in [4.69, 9.17) is 5.73 Å². The number of nitrogens with one attached hydrogen (secondary N) is 8. The fourth-order valence-electron chi connectivity index (χ4n) is 6.71. The first-order valence-corrected chi connectivity index (χ1v) is 22.8. The molecule has 8 atom stereocenters. The normalized spacial score (nSPS) is 15.5. The van der Waals surface area contributed by atoms with Crippen LogP contribution in [0.3, 0.4) is 0 Å². The summed E-state index contributed by atoms with van der Waals surface area (Å²) >= 11 is 0. The number of carboxylic acid groups (broad SMARTS) is 1. The van der Waals surface area contributed by atoms with Gasteiger partial charge >= 0.3 is 5.97 Å². The Kier molecular flexibility index (Phi) is 26.1. The monoisotopic (exact) mass is 910 g/mol. The number of carboxylic acids is 1. The summed E-state index contributed by atoms with van der Waals surface area (Å²) in [5.41, 5.74) is 6.08. The maximum absolute atomic E-state index is 13.9. The van der Waals surface area contributed by atoms with E-state index in [1.165, 1.54) is 0 Å². The first-order valence-electron chi connectivity index (χ1n) is 22.8. The predicted octanol–water partition coefficient (Wildman–Crippen LogP) is 1.33. The molecular formula is C45H83N9O10. The molecule has 0 heterocycles. The Balaban J connectivity index is 6.06. The zero-order valence-electron chi connectivity index (χ0n) is 41.3. The fraction of sp³-hybridized carbons (Fsp3) is 0.800. The van der Waals surface area contributed by atoms with Crippen LogP contribution in [-0.4, -0.2) is 113 Å². The molecule has 0 aliphatic heterocycles. The number of aliphatic carboxylic acids is 1. The lowest BCUT2D eigenvalue weighted by atomic mass is 9.96. The third-order valence-corrected chi connectivity index (χ3v) is 10.4. The molecule has 19 heteroatoms. The van der Waals surface area contributed by atoms with E-state index in [9.17, 15) is 48.3 Å². The maximum Gasteiger partial charge on any atom is 0.326 e. The molecule has 11 N–H and O–H groups in total. The van der Waals surface area contributed by atoms with Crippen molar-refractivity contribution in [3.63, 3.8) is 0 Å². The van der Waals surface area contributed by atoms with Gasteiger partial charge in [0.1, 0.15) is 42.3 Å². The van der Waals surface area contributed by atoms with Gasteiger partial charge in [-0.05, 0) is 66.6 Å². The summed E-state index contributed by atoms with van der Waals surface area (Å²) in [6.45, 7) is 27.7. The molecule has 0 aromatic carbocycles. The Morgan fingerprint density at radius 2 is 0.672 bits per heavy atom. The second-order valence-corrected chi connectivity index (χ2v) is 19.9. The van der Waals surface area contributed by atoms with Crippen molar-refractivity contribution in [2.45, 2.75) is 178 Å². The molecular weight excluding hydrogens is 827 g/mol. The Hall–Kier alpha value is -4.81. The van der Waals surface area contributed by atoms with Gasteiger partial charge in [-0.25, -0.2) is 4.79 Å². The van der Waals surface area contributed by atoms with Crippen LogP contribution in [0, 0.1) is 47.3 Å².